The molecule has 7 heteroatoms. The monoisotopic (exact) mass is 322 g/mol. The van der Waals surface area contributed by atoms with Crippen LogP contribution in [0, 0.1) is 5.92 Å². The molecule has 6 nitrogen and oxygen atoms in total. The van der Waals surface area contributed by atoms with Crippen molar-refractivity contribution in [2.24, 2.45) is 5.92 Å². The topological polar surface area (TPSA) is 99.3 Å². The summed E-state index contributed by atoms with van der Waals surface area (Å²) in [6.45, 7) is 3.30. The standard InChI is InChI=1S/C15H15ClN2O4/c1-7(2)12(15(21)22)18-14(20)13(19)10-6-17-11-4-3-8(16)5-9(10)11/h3-7,12,17H,1-2H3,(H,18,20)(H,21,22)/t12-/m0/s1. The van der Waals surface area contributed by atoms with Gasteiger partial charge in [0.05, 0.1) is 5.56 Å². The molecule has 1 amide bonds. The van der Waals surface area contributed by atoms with Gasteiger partial charge >= 0.3 is 5.97 Å². The van der Waals surface area contributed by atoms with E-state index in [0.29, 0.717) is 15.9 Å². The lowest BCUT2D eigenvalue weighted by molar-refractivity contribution is -0.142. The zero-order valence-corrected chi connectivity index (χ0v) is 12.8. The van der Waals surface area contributed by atoms with Crippen molar-refractivity contribution in [1.29, 1.82) is 0 Å². The van der Waals surface area contributed by atoms with E-state index in [-0.39, 0.29) is 11.5 Å². The molecule has 1 atom stereocenters. The summed E-state index contributed by atoms with van der Waals surface area (Å²) in [6, 6.07) is 3.81. The maximum absolute atomic E-state index is 12.2. The summed E-state index contributed by atoms with van der Waals surface area (Å²) in [5.74, 6) is -3.29. The minimum absolute atomic E-state index is 0.155. The van der Waals surface area contributed by atoms with Crippen molar-refractivity contribution < 1.29 is 19.5 Å². The fourth-order valence-electron chi connectivity index (χ4n) is 2.12. The minimum Gasteiger partial charge on any atom is -0.480 e. The van der Waals surface area contributed by atoms with Crippen molar-refractivity contribution in [3.63, 3.8) is 0 Å². The first-order valence-corrected chi connectivity index (χ1v) is 7.03. The quantitative estimate of drug-likeness (QED) is 0.580. The number of carboxylic acid groups (broad SMARTS) is 1. The molecule has 1 aromatic heterocycles. The second-order valence-corrected chi connectivity index (χ2v) is 5.69. The Labute approximate surface area is 131 Å². The number of aromatic amines is 1. The van der Waals surface area contributed by atoms with E-state index in [1.54, 1.807) is 32.0 Å². The second kappa shape index (κ2) is 6.19. The third-order valence-electron chi connectivity index (χ3n) is 3.31. The van der Waals surface area contributed by atoms with Crippen LogP contribution in [0.2, 0.25) is 5.02 Å². The maximum Gasteiger partial charge on any atom is 0.326 e. The van der Waals surface area contributed by atoms with E-state index in [0.717, 1.165) is 0 Å². The Hall–Kier alpha value is -2.34. The van der Waals surface area contributed by atoms with Crippen molar-refractivity contribution >= 4 is 40.2 Å². The maximum atomic E-state index is 12.2. The van der Waals surface area contributed by atoms with Crippen molar-refractivity contribution in [2.45, 2.75) is 19.9 Å². The molecule has 2 rings (SSSR count). The SMILES string of the molecule is CC(C)[C@H](NC(=O)C(=O)c1c[nH]c2ccc(Cl)cc12)C(=O)O. The van der Waals surface area contributed by atoms with Gasteiger partial charge in [-0.1, -0.05) is 25.4 Å². The summed E-state index contributed by atoms with van der Waals surface area (Å²) in [5, 5.41) is 12.3. The number of carbonyl (C=O) groups is 3. The Bertz CT molecular complexity index is 751. The van der Waals surface area contributed by atoms with Crippen molar-refractivity contribution in [2.75, 3.05) is 0 Å². The first-order chi connectivity index (χ1) is 10.3. The van der Waals surface area contributed by atoms with E-state index >= 15 is 0 Å². The molecule has 116 valence electrons. The fourth-order valence-corrected chi connectivity index (χ4v) is 2.30. The molecule has 0 aliphatic heterocycles. The number of aromatic nitrogens is 1. The van der Waals surface area contributed by atoms with E-state index in [1.807, 2.05) is 0 Å². The van der Waals surface area contributed by atoms with Gasteiger partial charge in [0.15, 0.2) is 0 Å². The number of benzene rings is 1. The first-order valence-electron chi connectivity index (χ1n) is 6.66. The van der Waals surface area contributed by atoms with Crippen LogP contribution in [0.5, 0.6) is 0 Å². The molecule has 0 spiro atoms. The van der Waals surface area contributed by atoms with E-state index < -0.39 is 23.7 Å². The Morgan fingerprint density at radius 3 is 2.55 bits per heavy atom. The number of carboxylic acids is 1. The van der Waals surface area contributed by atoms with Crippen LogP contribution in [0.1, 0.15) is 24.2 Å². The van der Waals surface area contributed by atoms with Gasteiger partial charge in [0.2, 0.25) is 0 Å². The molecule has 0 saturated heterocycles. The Balaban J connectivity index is 2.28. The summed E-state index contributed by atoms with van der Waals surface area (Å²) < 4.78 is 0. The highest BCUT2D eigenvalue weighted by Gasteiger charge is 2.28. The second-order valence-electron chi connectivity index (χ2n) is 5.25. The number of hydrogen-bond donors (Lipinski definition) is 3. The lowest BCUT2D eigenvalue weighted by Gasteiger charge is -2.17. The molecule has 0 aliphatic rings. The van der Waals surface area contributed by atoms with Gasteiger partial charge in [0, 0.05) is 22.1 Å². The molecule has 0 fully saturated rings. The Morgan fingerprint density at radius 2 is 1.95 bits per heavy atom. The van der Waals surface area contributed by atoms with Crippen LogP contribution in [0.25, 0.3) is 10.9 Å². The largest absolute Gasteiger partial charge is 0.480 e. The predicted octanol–water partition coefficient (Wildman–Crippen LogP) is 2.23. The molecule has 1 heterocycles. The lowest BCUT2D eigenvalue weighted by Crippen LogP contribution is -2.46. The van der Waals surface area contributed by atoms with E-state index in [9.17, 15) is 14.4 Å². The van der Waals surface area contributed by atoms with Gasteiger partial charge in [-0.3, -0.25) is 9.59 Å². The van der Waals surface area contributed by atoms with Crippen LogP contribution in [0.3, 0.4) is 0 Å². The number of rotatable bonds is 5. The zero-order chi connectivity index (χ0) is 16.4. The summed E-state index contributed by atoms with van der Waals surface area (Å²) in [7, 11) is 0. The molecule has 0 radical (unpaired) electrons. The van der Waals surface area contributed by atoms with Crippen LogP contribution < -0.4 is 5.32 Å². The molecule has 2 aromatic rings. The number of halogens is 1. The number of carbonyl (C=O) groups excluding carboxylic acids is 2. The summed E-state index contributed by atoms with van der Waals surface area (Å²) in [5.41, 5.74) is 0.821. The number of H-pyrrole nitrogens is 1. The molecular formula is C15H15ClN2O4. The zero-order valence-electron chi connectivity index (χ0n) is 12.0. The summed E-state index contributed by atoms with van der Waals surface area (Å²) >= 11 is 5.90. The van der Waals surface area contributed by atoms with Gasteiger partial charge in [0.25, 0.3) is 11.7 Å². The Morgan fingerprint density at radius 1 is 1.27 bits per heavy atom. The molecule has 3 N–H and O–H groups in total. The van der Waals surface area contributed by atoms with E-state index in [1.165, 1.54) is 6.20 Å². The highest BCUT2D eigenvalue weighted by molar-refractivity contribution is 6.45. The van der Waals surface area contributed by atoms with Gasteiger partial charge in [-0.2, -0.15) is 0 Å². The number of fused-ring (bicyclic) bond motifs is 1. The number of aliphatic carboxylic acids is 1. The predicted molar refractivity (Wildman–Crippen MR) is 82.0 cm³/mol. The van der Waals surface area contributed by atoms with Gasteiger partial charge < -0.3 is 15.4 Å². The smallest absolute Gasteiger partial charge is 0.326 e. The summed E-state index contributed by atoms with van der Waals surface area (Å²) in [4.78, 5) is 38.2. The fraction of sp³-hybridized carbons (Fsp3) is 0.267. The van der Waals surface area contributed by atoms with Crippen molar-refractivity contribution in [1.82, 2.24) is 10.3 Å². The minimum atomic E-state index is -1.18. The highest BCUT2D eigenvalue weighted by atomic mass is 35.5. The number of amides is 1. The van der Waals surface area contributed by atoms with Crippen LogP contribution in [0.4, 0.5) is 0 Å². The molecule has 1 aromatic carbocycles. The van der Waals surface area contributed by atoms with Crippen molar-refractivity contribution in [3.8, 4) is 0 Å². The Kier molecular flexibility index (Phi) is 4.51. The van der Waals surface area contributed by atoms with Crippen LogP contribution in [0.15, 0.2) is 24.4 Å². The molecule has 0 saturated carbocycles. The lowest BCUT2D eigenvalue weighted by atomic mass is 10.0. The third kappa shape index (κ3) is 3.12. The molecular weight excluding hydrogens is 308 g/mol. The number of ketones is 1. The highest BCUT2D eigenvalue weighted by Crippen LogP contribution is 2.22. The number of hydrogen-bond acceptors (Lipinski definition) is 3. The molecule has 0 bridgehead atoms. The van der Waals surface area contributed by atoms with Gasteiger partial charge in [-0.05, 0) is 24.1 Å². The molecule has 0 aliphatic carbocycles. The molecule has 0 unspecified atom stereocenters. The third-order valence-corrected chi connectivity index (χ3v) is 3.55. The van der Waals surface area contributed by atoms with Crippen LogP contribution >= 0.6 is 11.6 Å². The van der Waals surface area contributed by atoms with E-state index in [2.05, 4.69) is 10.3 Å². The average Bonchev–Trinajstić information content (AvgIpc) is 2.85. The number of nitrogens with one attached hydrogen (secondary N) is 2. The number of Topliss-reactive ketones (excluding diaryl/α,β-unsaturated/α-hetero) is 1. The first kappa shape index (κ1) is 16.0. The van der Waals surface area contributed by atoms with Crippen molar-refractivity contribution in [3.05, 3.63) is 35.0 Å². The van der Waals surface area contributed by atoms with Gasteiger partial charge in [0.1, 0.15) is 6.04 Å². The van der Waals surface area contributed by atoms with E-state index in [4.69, 9.17) is 16.7 Å². The average molecular weight is 323 g/mol. The summed E-state index contributed by atoms with van der Waals surface area (Å²) in [6.07, 6.45) is 1.41. The molecule has 22 heavy (non-hydrogen) atoms. The van der Waals surface area contributed by atoms with Gasteiger partial charge in [-0.25, -0.2) is 4.79 Å². The van der Waals surface area contributed by atoms with Crippen LogP contribution in [-0.2, 0) is 9.59 Å². The van der Waals surface area contributed by atoms with Gasteiger partial charge in [-0.15, -0.1) is 0 Å². The van der Waals surface area contributed by atoms with Crippen LogP contribution in [-0.4, -0.2) is 33.8 Å². The normalized spacial score (nSPS) is 12.4.